The Bertz CT molecular complexity index is 1200. The van der Waals surface area contributed by atoms with E-state index in [1.54, 1.807) is 79.7 Å². The SMILES string of the molecule is CCOC(=O)[C@@](C)(C(=O)c1ccccc1)N(NC(=O)OCc1ccccc1)C(=O)OCc1ccccc1. The van der Waals surface area contributed by atoms with Crippen molar-refractivity contribution < 1.29 is 33.4 Å². The molecule has 0 saturated heterocycles. The van der Waals surface area contributed by atoms with Gasteiger partial charge >= 0.3 is 18.2 Å². The van der Waals surface area contributed by atoms with E-state index in [0.29, 0.717) is 16.1 Å². The summed E-state index contributed by atoms with van der Waals surface area (Å²) in [5.74, 6) is -1.84. The molecule has 192 valence electrons. The van der Waals surface area contributed by atoms with Crippen LogP contribution in [0.2, 0.25) is 0 Å². The highest BCUT2D eigenvalue weighted by atomic mass is 16.6. The smallest absolute Gasteiger partial charge is 0.430 e. The van der Waals surface area contributed by atoms with Gasteiger partial charge in [-0.25, -0.2) is 19.8 Å². The maximum Gasteiger partial charge on any atom is 0.430 e. The third kappa shape index (κ3) is 6.94. The summed E-state index contributed by atoms with van der Waals surface area (Å²) in [6, 6.07) is 25.6. The largest absolute Gasteiger partial charge is 0.464 e. The summed E-state index contributed by atoms with van der Waals surface area (Å²) in [6.45, 7) is 2.39. The number of hydrazine groups is 1. The third-order valence-electron chi connectivity index (χ3n) is 5.40. The molecule has 0 aliphatic rings. The molecule has 3 aromatic rings. The van der Waals surface area contributed by atoms with Crippen molar-refractivity contribution in [3.05, 3.63) is 108 Å². The van der Waals surface area contributed by atoms with E-state index in [1.165, 1.54) is 19.1 Å². The van der Waals surface area contributed by atoms with Crippen molar-refractivity contribution in [3.8, 4) is 0 Å². The van der Waals surface area contributed by atoms with Crippen LogP contribution < -0.4 is 5.43 Å². The molecule has 9 nitrogen and oxygen atoms in total. The lowest BCUT2D eigenvalue weighted by Gasteiger charge is -2.36. The van der Waals surface area contributed by atoms with Crippen LogP contribution in [0.25, 0.3) is 0 Å². The summed E-state index contributed by atoms with van der Waals surface area (Å²) in [7, 11) is 0. The number of hydrogen-bond donors (Lipinski definition) is 1. The van der Waals surface area contributed by atoms with Crippen LogP contribution in [0.15, 0.2) is 91.0 Å². The monoisotopic (exact) mass is 504 g/mol. The average molecular weight is 505 g/mol. The molecule has 0 saturated carbocycles. The van der Waals surface area contributed by atoms with Crippen LogP contribution in [0.3, 0.4) is 0 Å². The fourth-order valence-corrected chi connectivity index (χ4v) is 3.40. The molecule has 0 aliphatic carbocycles. The molecule has 0 bridgehead atoms. The minimum Gasteiger partial charge on any atom is -0.464 e. The number of nitrogens with zero attached hydrogens (tertiary/aromatic N) is 1. The Morgan fingerprint density at radius 3 is 1.73 bits per heavy atom. The number of benzene rings is 3. The Labute approximate surface area is 214 Å². The molecule has 2 amide bonds. The highest BCUT2D eigenvalue weighted by Crippen LogP contribution is 2.24. The lowest BCUT2D eigenvalue weighted by Crippen LogP contribution is -2.66. The molecule has 1 N–H and O–H groups in total. The highest BCUT2D eigenvalue weighted by molar-refractivity contribution is 6.17. The highest BCUT2D eigenvalue weighted by Gasteiger charge is 2.52. The lowest BCUT2D eigenvalue weighted by molar-refractivity contribution is -0.154. The summed E-state index contributed by atoms with van der Waals surface area (Å²) in [5, 5.41) is 0.524. The molecular formula is C28H28N2O7. The fraction of sp³-hybridized carbons (Fsp3) is 0.214. The number of hydrogen-bond acceptors (Lipinski definition) is 7. The number of ether oxygens (including phenoxy) is 3. The summed E-state index contributed by atoms with van der Waals surface area (Å²) in [6.07, 6.45) is -2.22. The summed E-state index contributed by atoms with van der Waals surface area (Å²) < 4.78 is 15.8. The van der Waals surface area contributed by atoms with Crippen molar-refractivity contribution in [2.75, 3.05) is 6.61 Å². The Hall–Kier alpha value is -4.66. The van der Waals surface area contributed by atoms with Crippen LogP contribution in [0, 0.1) is 0 Å². The van der Waals surface area contributed by atoms with Crippen molar-refractivity contribution in [2.45, 2.75) is 32.6 Å². The first-order valence-electron chi connectivity index (χ1n) is 11.6. The van der Waals surface area contributed by atoms with Gasteiger partial charge in [-0.1, -0.05) is 91.0 Å². The maximum atomic E-state index is 13.6. The first-order chi connectivity index (χ1) is 17.9. The van der Waals surface area contributed by atoms with E-state index in [9.17, 15) is 19.2 Å². The molecule has 1 atom stereocenters. The number of ketones is 1. The van der Waals surface area contributed by atoms with Crippen molar-refractivity contribution >= 4 is 23.9 Å². The number of esters is 1. The Kier molecular flexibility index (Phi) is 9.37. The van der Waals surface area contributed by atoms with Crippen molar-refractivity contribution in [2.24, 2.45) is 0 Å². The van der Waals surface area contributed by atoms with Gasteiger partial charge in [0.05, 0.1) is 6.61 Å². The van der Waals surface area contributed by atoms with E-state index in [2.05, 4.69) is 5.43 Å². The van der Waals surface area contributed by atoms with E-state index in [1.807, 2.05) is 6.07 Å². The topological polar surface area (TPSA) is 111 Å². The minimum atomic E-state index is -2.31. The van der Waals surface area contributed by atoms with Gasteiger partial charge < -0.3 is 14.2 Å². The van der Waals surface area contributed by atoms with Crippen molar-refractivity contribution in [3.63, 3.8) is 0 Å². The van der Waals surface area contributed by atoms with Crippen LogP contribution in [-0.2, 0) is 32.2 Å². The average Bonchev–Trinajstić information content (AvgIpc) is 2.94. The van der Waals surface area contributed by atoms with E-state index in [-0.39, 0.29) is 25.4 Å². The second-order valence-corrected chi connectivity index (χ2v) is 8.04. The zero-order chi connectivity index (χ0) is 26.7. The lowest BCUT2D eigenvalue weighted by atomic mass is 9.90. The van der Waals surface area contributed by atoms with Gasteiger partial charge in [0.1, 0.15) is 13.2 Å². The van der Waals surface area contributed by atoms with Gasteiger partial charge in [-0.3, -0.25) is 4.79 Å². The molecule has 0 aliphatic heterocycles. The van der Waals surface area contributed by atoms with Gasteiger partial charge in [0, 0.05) is 5.56 Å². The summed E-state index contributed by atoms with van der Waals surface area (Å²) in [5.41, 5.74) is 1.40. The van der Waals surface area contributed by atoms with Gasteiger partial charge in [-0.05, 0) is 25.0 Å². The molecule has 3 rings (SSSR count). The van der Waals surface area contributed by atoms with Gasteiger partial charge in [-0.15, -0.1) is 0 Å². The third-order valence-corrected chi connectivity index (χ3v) is 5.40. The van der Waals surface area contributed by atoms with Crippen LogP contribution in [-0.4, -0.2) is 41.1 Å². The van der Waals surface area contributed by atoms with Crippen LogP contribution in [0.5, 0.6) is 0 Å². The Balaban J connectivity index is 1.92. The molecule has 0 aromatic heterocycles. The molecule has 0 unspecified atom stereocenters. The first-order valence-corrected chi connectivity index (χ1v) is 11.6. The van der Waals surface area contributed by atoms with Gasteiger partial charge in [-0.2, -0.15) is 5.01 Å². The molecule has 0 radical (unpaired) electrons. The van der Waals surface area contributed by atoms with E-state index >= 15 is 0 Å². The van der Waals surface area contributed by atoms with Gasteiger partial charge in [0.15, 0.2) is 0 Å². The molecule has 0 heterocycles. The number of Topliss-reactive ketones (excluding diaryl/α,β-unsaturated/α-hetero) is 1. The molecule has 3 aromatic carbocycles. The maximum absolute atomic E-state index is 13.6. The second kappa shape index (κ2) is 12.9. The van der Waals surface area contributed by atoms with E-state index < -0.39 is 29.5 Å². The van der Waals surface area contributed by atoms with Gasteiger partial charge in [0.25, 0.3) is 0 Å². The Morgan fingerprint density at radius 2 is 1.22 bits per heavy atom. The molecule has 37 heavy (non-hydrogen) atoms. The zero-order valence-corrected chi connectivity index (χ0v) is 20.6. The normalized spacial score (nSPS) is 11.9. The summed E-state index contributed by atoms with van der Waals surface area (Å²) in [4.78, 5) is 52.8. The van der Waals surface area contributed by atoms with Gasteiger partial charge in [0.2, 0.25) is 11.3 Å². The predicted molar refractivity (Wildman–Crippen MR) is 134 cm³/mol. The molecule has 9 heteroatoms. The van der Waals surface area contributed by atoms with Crippen LogP contribution in [0.4, 0.5) is 9.59 Å². The number of amides is 2. The molecule has 0 spiro atoms. The first kappa shape index (κ1) is 26.9. The zero-order valence-electron chi connectivity index (χ0n) is 20.6. The van der Waals surface area contributed by atoms with Crippen LogP contribution in [0.1, 0.15) is 35.3 Å². The predicted octanol–water partition coefficient (Wildman–Crippen LogP) is 4.67. The molecule has 0 fully saturated rings. The molecular weight excluding hydrogens is 476 g/mol. The number of carbonyl (C=O) groups excluding carboxylic acids is 4. The summed E-state index contributed by atoms with van der Waals surface area (Å²) >= 11 is 0. The number of rotatable bonds is 9. The number of nitrogens with one attached hydrogen (secondary N) is 1. The second-order valence-electron chi connectivity index (χ2n) is 8.04. The minimum absolute atomic E-state index is 0.0676. The standard InChI is InChI=1S/C28H28N2O7/c1-3-35-25(32)28(2,24(31)23-17-11-6-12-18-23)30(27(34)37-20-22-15-9-5-10-16-22)29-26(33)36-19-21-13-7-4-8-14-21/h4-18H,3,19-20H2,1-2H3,(H,29,33)/t28-/m1/s1. The van der Waals surface area contributed by atoms with E-state index in [0.717, 1.165) is 0 Å². The van der Waals surface area contributed by atoms with E-state index in [4.69, 9.17) is 14.2 Å². The Morgan fingerprint density at radius 1 is 0.730 bits per heavy atom. The van der Waals surface area contributed by atoms with Crippen molar-refractivity contribution in [1.82, 2.24) is 10.4 Å². The fourth-order valence-electron chi connectivity index (χ4n) is 3.40. The van der Waals surface area contributed by atoms with Crippen molar-refractivity contribution in [1.29, 1.82) is 0 Å². The number of carbonyl (C=O) groups is 4. The quantitative estimate of drug-likeness (QED) is 0.148. The van der Waals surface area contributed by atoms with Crippen LogP contribution >= 0.6 is 0 Å².